The molecule has 2 aliphatic heterocycles. The first-order chi connectivity index (χ1) is 21.6. The number of hydrogen-bond donors (Lipinski definition) is 2. The van der Waals surface area contributed by atoms with E-state index in [1.807, 2.05) is 121 Å². The number of hydrogen-bond acceptors (Lipinski definition) is 7. The summed E-state index contributed by atoms with van der Waals surface area (Å²) in [6.07, 6.45) is -3.54. The van der Waals surface area contributed by atoms with Gasteiger partial charge in [0, 0.05) is 22.3 Å². The van der Waals surface area contributed by atoms with Crippen molar-refractivity contribution < 1.29 is 33.6 Å². The Labute approximate surface area is 256 Å². The standard InChI is InChI=1S/C36H35NO7/c1-2-23-40-34-30(31(38)32-29(42-34)24-41-33(43-32)25-15-7-3-8-16-25)37-35(39)44-36(26-17-9-4-10-18-26,27-19-11-5-12-20-27)28-21-13-6-14-22-28/h2-22,29-34,38H,1,23-24H2,(H,37,39)/t29-,30-,31-,32-,33?,34+/m1/s1. The zero-order valence-electron chi connectivity index (χ0n) is 24.1. The molecule has 44 heavy (non-hydrogen) atoms. The highest BCUT2D eigenvalue weighted by Gasteiger charge is 2.51. The molecule has 0 bridgehead atoms. The van der Waals surface area contributed by atoms with Gasteiger partial charge in [0.1, 0.15) is 24.4 Å². The van der Waals surface area contributed by atoms with Gasteiger partial charge in [0.25, 0.3) is 0 Å². The number of amides is 1. The zero-order valence-corrected chi connectivity index (χ0v) is 24.1. The lowest BCUT2D eigenvalue weighted by Crippen LogP contribution is -2.67. The van der Waals surface area contributed by atoms with Gasteiger partial charge in [0.05, 0.1) is 13.2 Å². The molecule has 6 rings (SSSR count). The molecule has 1 unspecified atom stereocenters. The molecule has 0 spiro atoms. The summed E-state index contributed by atoms with van der Waals surface area (Å²) < 4.78 is 30.7. The van der Waals surface area contributed by atoms with Crippen molar-refractivity contribution in [2.45, 2.75) is 42.5 Å². The van der Waals surface area contributed by atoms with Gasteiger partial charge in [0.2, 0.25) is 0 Å². The minimum absolute atomic E-state index is 0.137. The highest BCUT2D eigenvalue weighted by atomic mass is 16.7. The Morgan fingerprint density at radius 2 is 1.36 bits per heavy atom. The number of rotatable bonds is 9. The summed E-state index contributed by atoms with van der Waals surface area (Å²) in [4.78, 5) is 14.0. The van der Waals surface area contributed by atoms with Crippen LogP contribution in [0.1, 0.15) is 28.5 Å². The van der Waals surface area contributed by atoms with E-state index >= 15 is 0 Å². The predicted molar refractivity (Wildman–Crippen MR) is 163 cm³/mol. The lowest BCUT2D eigenvalue weighted by Gasteiger charge is -2.47. The summed E-state index contributed by atoms with van der Waals surface area (Å²) in [5.74, 6) is 0. The van der Waals surface area contributed by atoms with Crippen molar-refractivity contribution in [2.24, 2.45) is 0 Å². The fourth-order valence-electron chi connectivity index (χ4n) is 5.83. The average Bonchev–Trinajstić information content (AvgIpc) is 3.09. The van der Waals surface area contributed by atoms with Gasteiger partial charge in [-0.1, -0.05) is 127 Å². The average molecular weight is 594 g/mol. The molecule has 1 amide bonds. The van der Waals surface area contributed by atoms with E-state index in [9.17, 15) is 9.90 Å². The van der Waals surface area contributed by atoms with Crippen LogP contribution in [0.4, 0.5) is 4.79 Å². The second-order valence-electron chi connectivity index (χ2n) is 10.7. The summed E-state index contributed by atoms with van der Waals surface area (Å²) in [6, 6.07) is 37.1. The maximum Gasteiger partial charge on any atom is 0.409 e. The molecule has 0 saturated carbocycles. The van der Waals surface area contributed by atoms with Crippen LogP contribution in [0.15, 0.2) is 134 Å². The largest absolute Gasteiger partial charge is 0.428 e. The van der Waals surface area contributed by atoms with Crippen LogP contribution in [0, 0.1) is 0 Å². The highest BCUT2D eigenvalue weighted by molar-refractivity contribution is 5.70. The quantitative estimate of drug-likeness (QED) is 0.196. The third kappa shape index (κ3) is 6.04. The van der Waals surface area contributed by atoms with Gasteiger partial charge < -0.3 is 34.1 Å². The van der Waals surface area contributed by atoms with Gasteiger partial charge in [-0.25, -0.2) is 4.79 Å². The predicted octanol–water partition coefficient (Wildman–Crippen LogP) is 5.48. The SMILES string of the molecule is C=CCO[C@H]1O[C@@H]2COC(c3ccccc3)O[C@H]2[C@H](O)[C@H]1NC(=O)OC(c1ccccc1)(c1ccccc1)c1ccccc1. The van der Waals surface area contributed by atoms with Crippen LogP contribution in [0.5, 0.6) is 0 Å². The number of aliphatic hydroxyl groups is 1. The number of benzene rings is 4. The zero-order chi connectivity index (χ0) is 30.4. The van der Waals surface area contributed by atoms with Crippen LogP contribution in [-0.2, 0) is 29.3 Å². The topological polar surface area (TPSA) is 95.5 Å². The monoisotopic (exact) mass is 593 g/mol. The first-order valence-electron chi connectivity index (χ1n) is 14.6. The molecule has 8 heteroatoms. The number of alkyl carbamates (subject to hydrolysis) is 1. The second kappa shape index (κ2) is 13.5. The number of fused-ring (bicyclic) bond motifs is 1. The molecular weight excluding hydrogens is 558 g/mol. The third-order valence-corrected chi connectivity index (χ3v) is 7.89. The Morgan fingerprint density at radius 3 is 1.89 bits per heavy atom. The van der Waals surface area contributed by atoms with Gasteiger partial charge in [-0.05, 0) is 0 Å². The fourth-order valence-corrected chi connectivity index (χ4v) is 5.83. The summed E-state index contributed by atoms with van der Waals surface area (Å²) in [7, 11) is 0. The Balaban J connectivity index is 1.32. The van der Waals surface area contributed by atoms with E-state index in [2.05, 4.69) is 11.9 Å². The summed E-state index contributed by atoms with van der Waals surface area (Å²) >= 11 is 0. The van der Waals surface area contributed by atoms with Gasteiger partial charge >= 0.3 is 6.09 Å². The summed E-state index contributed by atoms with van der Waals surface area (Å²) in [5, 5.41) is 14.5. The lowest BCUT2D eigenvalue weighted by atomic mass is 9.80. The van der Waals surface area contributed by atoms with E-state index in [-0.39, 0.29) is 13.2 Å². The molecule has 0 aliphatic carbocycles. The Kier molecular flexibility index (Phi) is 9.16. The van der Waals surface area contributed by atoms with Crippen molar-refractivity contribution in [1.29, 1.82) is 0 Å². The molecule has 2 N–H and O–H groups in total. The molecule has 0 radical (unpaired) electrons. The molecule has 2 saturated heterocycles. The van der Waals surface area contributed by atoms with Crippen molar-refractivity contribution >= 4 is 6.09 Å². The van der Waals surface area contributed by atoms with Crippen LogP contribution in [0.2, 0.25) is 0 Å². The summed E-state index contributed by atoms with van der Waals surface area (Å²) in [6.45, 7) is 4.03. The first kappa shape index (κ1) is 29.7. The molecule has 2 aliphatic rings. The molecular formula is C36H35NO7. The van der Waals surface area contributed by atoms with Gasteiger partial charge in [-0.3, -0.25) is 0 Å². The van der Waals surface area contributed by atoms with Gasteiger partial charge in [-0.15, -0.1) is 6.58 Å². The molecule has 4 aromatic rings. The van der Waals surface area contributed by atoms with Crippen molar-refractivity contribution in [3.63, 3.8) is 0 Å². The molecule has 2 fully saturated rings. The second-order valence-corrected chi connectivity index (χ2v) is 10.7. The fraction of sp³-hybridized carbons (Fsp3) is 0.250. The number of carbonyl (C=O) groups is 1. The molecule has 2 heterocycles. The van der Waals surface area contributed by atoms with E-state index in [0.717, 1.165) is 22.3 Å². The van der Waals surface area contributed by atoms with Gasteiger partial charge in [-0.2, -0.15) is 0 Å². The molecule has 0 aromatic heterocycles. The van der Waals surface area contributed by atoms with E-state index in [1.54, 1.807) is 6.08 Å². The van der Waals surface area contributed by atoms with Crippen LogP contribution in [0.25, 0.3) is 0 Å². The van der Waals surface area contributed by atoms with E-state index in [1.165, 1.54) is 0 Å². The number of aliphatic hydroxyl groups excluding tert-OH is 1. The smallest absolute Gasteiger partial charge is 0.409 e. The highest BCUT2D eigenvalue weighted by Crippen LogP contribution is 2.41. The molecule has 6 atom stereocenters. The number of carbonyl (C=O) groups excluding carboxylic acids is 1. The minimum atomic E-state index is -1.30. The van der Waals surface area contributed by atoms with Crippen LogP contribution in [-0.4, -0.2) is 55.1 Å². The summed E-state index contributed by atoms with van der Waals surface area (Å²) in [5.41, 5.74) is 1.77. The van der Waals surface area contributed by atoms with Crippen molar-refractivity contribution in [3.05, 3.63) is 156 Å². The first-order valence-corrected chi connectivity index (χ1v) is 14.6. The Hall–Kier alpha value is -4.31. The van der Waals surface area contributed by atoms with E-state index in [0.29, 0.717) is 0 Å². The number of nitrogens with one attached hydrogen (secondary N) is 1. The molecule has 8 nitrogen and oxygen atoms in total. The van der Waals surface area contributed by atoms with Crippen LogP contribution < -0.4 is 5.32 Å². The maximum atomic E-state index is 14.0. The third-order valence-electron chi connectivity index (χ3n) is 7.89. The van der Waals surface area contributed by atoms with E-state index < -0.39 is 48.6 Å². The lowest BCUT2D eigenvalue weighted by molar-refractivity contribution is -0.342. The van der Waals surface area contributed by atoms with Crippen LogP contribution in [0.3, 0.4) is 0 Å². The Bertz CT molecular complexity index is 1410. The molecule has 4 aromatic carbocycles. The van der Waals surface area contributed by atoms with Crippen molar-refractivity contribution in [1.82, 2.24) is 5.32 Å². The van der Waals surface area contributed by atoms with Gasteiger partial charge in [0.15, 0.2) is 18.2 Å². The molecule has 226 valence electrons. The van der Waals surface area contributed by atoms with Crippen LogP contribution >= 0.6 is 0 Å². The maximum absolute atomic E-state index is 14.0. The number of ether oxygens (including phenoxy) is 5. The minimum Gasteiger partial charge on any atom is -0.428 e. The normalized spacial score (nSPS) is 24.9. The van der Waals surface area contributed by atoms with Crippen molar-refractivity contribution in [3.8, 4) is 0 Å². The van der Waals surface area contributed by atoms with E-state index in [4.69, 9.17) is 23.7 Å². The van der Waals surface area contributed by atoms with Crippen molar-refractivity contribution in [2.75, 3.05) is 13.2 Å². The Morgan fingerprint density at radius 1 is 0.841 bits per heavy atom.